The Morgan fingerprint density at radius 1 is 1.00 bits per heavy atom. The second kappa shape index (κ2) is 5.98. The highest BCUT2D eigenvalue weighted by Gasteiger charge is 2.33. The molecule has 1 nitrogen and oxygen atoms in total. The van der Waals surface area contributed by atoms with Crippen LogP contribution in [0.2, 0.25) is 5.02 Å². The number of nitrogens with one attached hydrogen (secondary N) is 1. The second-order valence-corrected chi connectivity index (χ2v) is 5.37. The van der Waals surface area contributed by atoms with E-state index in [1.54, 1.807) is 6.07 Å². The van der Waals surface area contributed by atoms with Crippen LogP contribution in [0.4, 0.5) is 18.9 Å². The molecule has 0 aromatic heterocycles. The number of benzene rings is 2. The van der Waals surface area contributed by atoms with Crippen LogP contribution in [0.25, 0.3) is 0 Å². The number of aryl methyl sites for hydroxylation is 2. The Morgan fingerprint density at radius 2 is 1.71 bits per heavy atom. The van der Waals surface area contributed by atoms with Crippen LogP contribution < -0.4 is 5.32 Å². The maximum Gasteiger partial charge on any atom is 0.417 e. The first-order valence-corrected chi connectivity index (χ1v) is 6.82. The van der Waals surface area contributed by atoms with Gasteiger partial charge in [0.15, 0.2) is 0 Å². The molecule has 0 bridgehead atoms. The first-order chi connectivity index (χ1) is 9.77. The lowest BCUT2D eigenvalue weighted by molar-refractivity contribution is -0.137. The van der Waals surface area contributed by atoms with Gasteiger partial charge in [-0.2, -0.15) is 13.2 Å². The molecule has 0 amide bonds. The summed E-state index contributed by atoms with van der Waals surface area (Å²) in [6, 6.07) is 9.79. The molecule has 0 aliphatic carbocycles. The van der Waals surface area contributed by atoms with Crippen molar-refractivity contribution < 1.29 is 13.2 Å². The third-order valence-corrected chi connectivity index (χ3v) is 3.67. The summed E-state index contributed by atoms with van der Waals surface area (Å²) < 4.78 is 38.3. The van der Waals surface area contributed by atoms with Gasteiger partial charge >= 0.3 is 6.18 Å². The number of hydrogen-bond acceptors (Lipinski definition) is 1. The van der Waals surface area contributed by atoms with Gasteiger partial charge in [-0.3, -0.25) is 0 Å². The van der Waals surface area contributed by atoms with E-state index in [0.717, 1.165) is 17.2 Å². The Kier molecular flexibility index (Phi) is 4.47. The van der Waals surface area contributed by atoms with Crippen LogP contribution in [0.1, 0.15) is 22.3 Å². The van der Waals surface area contributed by atoms with E-state index in [1.807, 2.05) is 32.0 Å². The third-order valence-electron chi connectivity index (χ3n) is 3.34. The Bertz CT molecular complexity index is 650. The predicted octanol–water partition coefficient (Wildman–Crippen LogP) is 5.59. The van der Waals surface area contributed by atoms with Crippen LogP contribution in [0.3, 0.4) is 0 Å². The van der Waals surface area contributed by atoms with Crippen LogP contribution in [-0.4, -0.2) is 0 Å². The molecular weight excluding hydrogens is 299 g/mol. The molecule has 112 valence electrons. The minimum atomic E-state index is -4.45. The van der Waals surface area contributed by atoms with Crippen LogP contribution in [0.5, 0.6) is 0 Å². The fourth-order valence-corrected chi connectivity index (χ4v) is 2.19. The van der Waals surface area contributed by atoms with Crippen molar-refractivity contribution in [1.82, 2.24) is 0 Å². The molecule has 5 heteroatoms. The zero-order valence-electron chi connectivity index (χ0n) is 11.7. The molecule has 0 fully saturated rings. The molecule has 2 aromatic carbocycles. The average molecular weight is 314 g/mol. The average Bonchev–Trinajstić information content (AvgIpc) is 2.40. The fourth-order valence-electron chi connectivity index (χ4n) is 1.97. The van der Waals surface area contributed by atoms with Gasteiger partial charge in [-0.25, -0.2) is 0 Å². The van der Waals surface area contributed by atoms with Gasteiger partial charge in [0.2, 0.25) is 0 Å². The molecule has 0 spiro atoms. The SMILES string of the molecule is Cc1ccc(CNc2ccc(Cl)c(C(F)(F)F)c2)cc1C. The zero-order valence-corrected chi connectivity index (χ0v) is 12.4. The molecule has 1 N–H and O–H groups in total. The first kappa shape index (κ1) is 15.7. The van der Waals surface area contributed by atoms with Crippen LogP contribution in [0.15, 0.2) is 36.4 Å². The summed E-state index contributed by atoms with van der Waals surface area (Å²) >= 11 is 5.59. The van der Waals surface area contributed by atoms with Gasteiger partial charge < -0.3 is 5.32 Å². The van der Waals surface area contributed by atoms with E-state index in [-0.39, 0.29) is 5.02 Å². The van der Waals surface area contributed by atoms with Crippen molar-refractivity contribution in [2.45, 2.75) is 26.6 Å². The molecule has 2 rings (SSSR count). The van der Waals surface area contributed by atoms with Gasteiger partial charge in [-0.1, -0.05) is 29.8 Å². The van der Waals surface area contributed by atoms with Crippen LogP contribution in [-0.2, 0) is 12.7 Å². The lowest BCUT2D eigenvalue weighted by Gasteiger charge is -2.13. The van der Waals surface area contributed by atoms with E-state index >= 15 is 0 Å². The molecule has 0 saturated carbocycles. The fraction of sp³-hybridized carbons (Fsp3) is 0.250. The molecule has 0 aliphatic rings. The first-order valence-electron chi connectivity index (χ1n) is 6.44. The molecular formula is C16H15ClF3N. The van der Waals surface area contributed by atoms with Gasteiger partial charge in [0.25, 0.3) is 0 Å². The van der Waals surface area contributed by atoms with Crippen molar-refractivity contribution in [2.75, 3.05) is 5.32 Å². The van der Waals surface area contributed by atoms with Crippen molar-refractivity contribution in [3.63, 3.8) is 0 Å². The predicted molar refractivity (Wildman–Crippen MR) is 79.7 cm³/mol. The number of hydrogen-bond donors (Lipinski definition) is 1. The number of rotatable bonds is 3. The summed E-state index contributed by atoms with van der Waals surface area (Å²) in [5.74, 6) is 0. The maximum absolute atomic E-state index is 12.8. The Morgan fingerprint density at radius 3 is 2.33 bits per heavy atom. The smallest absolute Gasteiger partial charge is 0.381 e. The molecule has 0 unspecified atom stereocenters. The standard InChI is InChI=1S/C16H15ClF3N/c1-10-3-4-12(7-11(10)2)9-21-13-5-6-15(17)14(8-13)16(18,19)20/h3-8,21H,9H2,1-2H3. The molecule has 2 aromatic rings. The highest BCUT2D eigenvalue weighted by atomic mass is 35.5. The van der Waals surface area contributed by atoms with Crippen LogP contribution in [0, 0.1) is 13.8 Å². The molecule has 0 heterocycles. The van der Waals surface area contributed by atoms with Gasteiger partial charge in [0.1, 0.15) is 0 Å². The molecule has 21 heavy (non-hydrogen) atoms. The minimum absolute atomic E-state index is 0.292. The molecule has 0 aliphatic heterocycles. The van der Waals surface area contributed by atoms with E-state index in [0.29, 0.717) is 12.2 Å². The van der Waals surface area contributed by atoms with Gasteiger partial charge in [-0.05, 0) is 48.7 Å². The summed E-state index contributed by atoms with van der Waals surface area (Å²) in [7, 11) is 0. The van der Waals surface area contributed by atoms with E-state index in [4.69, 9.17) is 11.6 Å². The largest absolute Gasteiger partial charge is 0.417 e. The molecule has 0 atom stereocenters. The van der Waals surface area contributed by atoms with Crippen molar-refractivity contribution in [3.8, 4) is 0 Å². The summed E-state index contributed by atoms with van der Waals surface area (Å²) in [6.45, 7) is 4.48. The number of alkyl halides is 3. The zero-order chi connectivity index (χ0) is 15.6. The molecule has 0 saturated heterocycles. The second-order valence-electron chi connectivity index (χ2n) is 4.96. The summed E-state index contributed by atoms with van der Waals surface area (Å²) in [4.78, 5) is 0. The number of halogens is 4. The van der Waals surface area contributed by atoms with E-state index in [2.05, 4.69) is 5.32 Å². The van der Waals surface area contributed by atoms with E-state index in [9.17, 15) is 13.2 Å². The van der Waals surface area contributed by atoms with Crippen molar-refractivity contribution >= 4 is 17.3 Å². The molecule has 0 radical (unpaired) electrons. The van der Waals surface area contributed by atoms with Crippen molar-refractivity contribution in [1.29, 1.82) is 0 Å². The highest BCUT2D eigenvalue weighted by Crippen LogP contribution is 2.36. The Labute approximate surface area is 126 Å². The van der Waals surface area contributed by atoms with E-state index in [1.165, 1.54) is 11.6 Å². The minimum Gasteiger partial charge on any atom is -0.381 e. The quantitative estimate of drug-likeness (QED) is 0.779. The number of anilines is 1. The Hall–Kier alpha value is -1.68. The Balaban J connectivity index is 2.15. The normalized spacial score (nSPS) is 11.5. The highest BCUT2D eigenvalue weighted by molar-refractivity contribution is 6.31. The van der Waals surface area contributed by atoms with E-state index < -0.39 is 11.7 Å². The summed E-state index contributed by atoms with van der Waals surface area (Å²) in [6.07, 6.45) is -4.45. The lowest BCUT2D eigenvalue weighted by Crippen LogP contribution is -2.07. The van der Waals surface area contributed by atoms with Crippen molar-refractivity contribution in [3.05, 3.63) is 63.7 Å². The summed E-state index contributed by atoms with van der Waals surface area (Å²) in [5, 5.41) is 2.70. The summed E-state index contributed by atoms with van der Waals surface area (Å²) in [5.41, 5.74) is 2.92. The van der Waals surface area contributed by atoms with Crippen LogP contribution >= 0.6 is 11.6 Å². The maximum atomic E-state index is 12.8. The van der Waals surface area contributed by atoms with Gasteiger partial charge in [-0.15, -0.1) is 0 Å². The van der Waals surface area contributed by atoms with Crippen molar-refractivity contribution in [2.24, 2.45) is 0 Å². The van der Waals surface area contributed by atoms with Gasteiger partial charge in [0.05, 0.1) is 10.6 Å². The lowest BCUT2D eigenvalue weighted by atomic mass is 10.1. The third kappa shape index (κ3) is 3.91. The van der Waals surface area contributed by atoms with Gasteiger partial charge in [0, 0.05) is 12.2 Å². The monoisotopic (exact) mass is 313 g/mol. The topological polar surface area (TPSA) is 12.0 Å².